The normalized spacial score (nSPS) is 13.4. The van der Waals surface area contributed by atoms with Gasteiger partial charge in [0.05, 0.1) is 19.1 Å². The number of urea groups is 1. The summed E-state index contributed by atoms with van der Waals surface area (Å²) in [5.41, 5.74) is 25.1. The van der Waals surface area contributed by atoms with Gasteiger partial charge in [-0.2, -0.15) is 0 Å². The molecule has 8 atom stereocenters. The van der Waals surface area contributed by atoms with E-state index in [1.165, 1.54) is 26.0 Å². The Labute approximate surface area is 595 Å². The number of nitrogens with two attached hydrogens (primary N) is 4. The fraction of sp³-hybridized carbons (Fsp3) is 0.594. The highest BCUT2D eigenvalue weighted by molar-refractivity contribution is 5.97. The molecule has 566 valence electrons. The van der Waals surface area contributed by atoms with E-state index in [2.05, 4.69) is 74.1 Å². The molecule has 0 saturated heterocycles. The molecular formula is C69H110N18O15. The third kappa shape index (κ3) is 35.4. The van der Waals surface area contributed by atoms with E-state index < -0.39 is 132 Å². The molecule has 15 amide bonds. The van der Waals surface area contributed by atoms with E-state index >= 15 is 0 Å². The molecule has 0 aliphatic rings. The van der Waals surface area contributed by atoms with Gasteiger partial charge in [-0.05, 0) is 151 Å². The van der Waals surface area contributed by atoms with Crippen LogP contribution in [0, 0.1) is 11.8 Å². The van der Waals surface area contributed by atoms with E-state index in [1.54, 1.807) is 18.3 Å². The molecule has 0 spiro atoms. The molecule has 3 aromatic rings. The molecular weight excluding hydrogens is 1320 g/mol. The maximum absolute atomic E-state index is 14.0. The molecule has 2 aromatic carbocycles. The number of amides is 15. The number of phenols is 1. The lowest BCUT2D eigenvalue weighted by molar-refractivity contribution is -0.134. The van der Waals surface area contributed by atoms with Crippen LogP contribution < -0.4 is 92.1 Å². The summed E-state index contributed by atoms with van der Waals surface area (Å²) in [7, 11) is 0. The summed E-state index contributed by atoms with van der Waals surface area (Å²) in [6, 6.07) is 4.20. The van der Waals surface area contributed by atoms with Crippen LogP contribution in [0.5, 0.6) is 5.75 Å². The van der Waals surface area contributed by atoms with Crippen LogP contribution in [-0.2, 0) is 75.2 Å². The number of fused-ring (bicyclic) bond motifs is 1. The zero-order valence-corrected chi connectivity index (χ0v) is 59.6. The van der Waals surface area contributed by atoms with Crippen LogP contribution in [-0.4, -0.2) is 187 Å². The number of carbonyl (C=O) groups is 14. The van der Waals surface area contributed by atoms with E-state index in [4.69, 9.17) is 22.9 Å². The van der Waals surface area contributed by atoms with Gasteiger partial charge in [0.2, 0.25) is 76.8 Å². The number of phenolic OH excluding ortho intramolecular Hbond substituents is 1. The van der Waals surface area contributed by atoms with Crippen LogP contribution in [0.2, 0.25) is 0 Å². The number of H-pyrrole nitrogens is 1. The maximum Gasteiger partial charge on any atom is 0.312 e. The summed E-state index contributed by atoms with van der Waals surface area (Å²) in [6.45, 7) is 10.2. The van der Waals surface area contributed by atoms with Crippen LogP contribution in [0.25, 0.3) is 10.9 Å². The second-order valence-corrected chi connectivity index (χ2v) is 26.2. The van der Waals surface area contributed by atoms with Crippen LogP contribution >= 0.6 is 0 Å². The van der Waals surface area contributed by atoms with Crippen molar-refractivity contribution in [3.05, 3.63) is 65.9 Å². The maximum atomic E-state index is 14.0. The number of nitrogens with one attached hydrogen (secondary N) is 14. The average molecular weight is 1430 g/mol. The van der Waals surface area contributed by atoms with Gasteiger partial charge >= 0.3 is 6.03 Å². The van der Waals surface area contributed by atoms with E-state index in [0.717, 1.165) is 16.5 Å². The number of hydrogen-bond acceptors (Lipinski definition) is 17. The van der Waals surface area contributed by atoms with Crippen LogP contribution in [0.15, 0.2) is 54.7 Å². The number of rotatable bonds is 50. The number of benzene rings is 2. The summed E-state index contributed by atoms with van der Waals surface area (Å²) < 4.78 is 0. The van der Waals surface area contributed by atoms with Crippen molar-refractivity contribution >= 4 is 93.7 Å². The van der Waals surface area contributed by atoms with Crippen molar-refractivity contribution in [1.29, 1.82) is 0 Å². The van der Waals surface area contributed by atoms with Crippen molar-refractivity contribution in [2.75, 3.05) is 45.8 Å². The summed E-state index contributed by atoms with van der Waals surface area (Å²) in [6.07, 6.45) is 7.25. The highest BCUT2D eigenvalue weighted by atomic mass is 16.3. The van der Waals surface area contributed by atoms with Crippen molar-refractivity contribution in [3.63, 3.8) is 0 Å². The SMILES string of the molecule is CC(C)C[C@H](NC(=O)[C@H](CC(C)C)NC(=O)CNC(=O)[C@H](C)NC(=O)[C@H](C)NC(=O)[C@H](CCCNC(N)=O)NC(=O)CNC(=O)CCCCNC(=O)CCCCNC(=O)CCCCNC(=O)[C@H](CCCCN)NC(=O)[C@H](Cc1ccc(O)cc1)NC(=O)[C@@H](N)Cc1c[nH]c2ccccc12)C(N)=O. The molecule has 0 radical (unpaired) electrons. The molecule has 0 unspecified atom stereocenters. The Morgan fingerprint density at radius 3 is 1.50 bits per heavy atom. The van der Waals surface area contributed by atoms with Gasteiger partial charge in [0, 0.05) is 69.0 Å². The average Bonchev–Trinajstić information content (AvgIpc) is 1.64. The highest BCUT2D eigenvalue weighted by Gasteiger charge is 2.32. The Morgan fingerprint density at radius 2 is 0.912 bits per heavy atom. The minimum absolute atomic E-state index is 0.0159. The molecule has 1 aromatic heterocycles. The van der Waals surface area contributed by atoms with Crippen LogP contribution in [0.3, 0.4) is 0 Å². The monoisotopic (exact) mass is 1430 g/mol. The van der Waals surface area contributed by atoms with Crippen LogP contribution in [0.4, 0.5) is 4.79 Å². The lowest BCUT2D eigenvalue weighted by Crippen LogP contribution is -2.57. The zero-order chi connectivity index (χ0) is 75.7. The molecule has 0 aliphatic carbocycles. The van der Waals surface area contributed by atoms with Gasteiger partial charge in [-0.3, -0.25) is 62.3 Å². The van der Waals surface area contributed by atoms with E-state index in [9.17, 15) is 72.2 Å². The molecule has 23 N–H and O–H groups in total. The molecule has 33 nitrogen and oxygen atoms in total. The van der Waals surface area contributed by atoms with Gasteiger partial charge in [-0.15, -0.1) is 0 Å². The number of hydrogen-bond donors (Lipinski definition) is 19. The molecule has 102 heavy (non-hydrogen) atoms. The first-order valence-electron chi connectivity index (χ1n) is 35.0. The largest absolute Gasteiger partial charge is 0.508 e. The molecule has 0 saturated carbocycles. The molecule has 3 rings (SSSR count). The fourth-order valence-corrected chi connectivity index (χ4v) is 10.6. The predicted molar refractivity (Wildman–Crippen MR) is 381 cm³/mol. The number of carbonyl (C=O) groups excluding carboxylic acids is 14. The first kappa shape index (κ1) is 86.3. The van der Waals surface area contributed by atoms with Crippen molar-refractivity contribution in [2.24, 2.45) is 34.8 Å². The molecule has 0 bridgehead atoms. The Hall–Kier alpha value is -9.92. The standard InChI is InChI=1S/C69H110N18O15/c1-41(2)34-53(61(72)94)86-67(100)54(35-42(3)4)84-60(93)40-80-62(95)43(5)81-63(96)44(6)82-66(99)52(21-17-33-77-69(73)102)83-59(92)39-79-58(91)24-11-15-31-75-56(89)22-10-14-30-74-57(90)23-12-16-32-76-65(98)51(20-9-13-29-70)85-68(101)55(36-45-25-27-47(88)28-26-45)87-64(97)49(71)37-46-38-78-50-19-8-7-18-48(46)50/h7-8,18-19,25-28,38,41-44,49,51-55,78,88H,9-17,20-24,29-37,39-40,70-71H2,1-6H3,(H2,72,94)(H,74,90)(H,75,89)(H,76,98)(H,79,91)(H,80,95)(H,81,96)(H,82,99)(H,83,92)(H,84,93)(H,85,101)(H,86,100)(H,87,97)(H3,73,77,102)/t43-,44-,49-,51-,52-,53-,54-,55-/m0/s1. The number of para-hydroxylation sites is 1. The third-order valence-electron chi connectivity index (χ3n) is 16.2. The number of unbranched alkanes of at least 4 members (excludes halogenated alkanes) is 4. The third-order valence-corrected chi connectivity index (χ3v) is 16.2. The van der Waals surface area contributed by atoms with Crippen molar-refractivity contribution < 1.29 is 72.2 Å². The van der Waals surface area contributed by atoms with Crippen molar-refractivity contribution in [2.45, 2.75) is 205 Å². The Balaban J connectivity index is 1.33. The quantitative estimate of drug-likeness (QED) is 0.0291. The Bertz CT molecular complexity index is 3240. The second-order valence-electron chi connectivity index (χ2n) is 26.2. The predicted octanol–water partition coefficient (Wildman–Crippen LogP) is -1.33. The highest BCUT2D eigenvalue weighted by Crippen LogP contribution is 2.20. The number of aromatic nitrogens is 1. The van der Waals surface area contributed by atoms with Crippen molar-refractivity contribution in [1.82, 2.24) is 74.1 Å². The lowest BCUT2D eigenvalue weighted by Gasteiger charge is -2.24. The number of primary amides is 2. The number of aromatic amines is 1. The van der Waals surface area contributed by atoms with Gasteiger partial charge in [-0.1, -0.05) is 58.0 Å². The molecule has 0 fully saturated rings. The molecule has 0 aliphatic heterocycles. The van der Waals surface area contributed by atoms with Gasteiger partial charge in [0.15, 0.2) is 0 Å². The summed E-state index contributed by atoms with van der Waals surface area (Å²) in [4.78, 5) is 184. The van der Waals surface area contributed by atoms with E-state index in [0.29, 0.717) is 70.0 Å². The Kier molecular flexibility index (Phi) is 40.0. The van der Waals surface area contributed by atoms with Gasteiger partial charge in [0.1, 0.15) is 48.0 Å². The fourth-order valence-electron chi connectivity index (χ4n) is 10.6. The van der Waals surface area contributed by atoms with Gasteiger partial charge in [0.25, 0.3) is 0 Å². The minimum Gasteiger partial charge on any atom is -0.508 e. The lowest BCUT2D eigenvalue weighted by atomic mass is 10.0. The topological polar surface area (TPSA) is 535 Å². The molecule has 1 heterocycles. The van der Waals surface area contributed by atoms with Gasteiger partial charge < -0.3 is 102 Å². The second kappa shape index (κ2) is 47.2. The summed E-state index contributed by atoms with van der Waals surface area (Å²) >= 11 is 0. The summed E-state index contributed by atoms with van der Waals surface area (Å²) in [5, 5.41) is 44.7. The first-order chi connectivity index (χ1) is 48.5. The van der Waals surface area contributed by atoms with Gasteiger partial charge in [-0.25, -0.2) is 4.79 Å². The van der Waals surface area contributed by atoms with E-state index in [-0.39, 0.29) is 113 Å². The smallest absolute Gasteiger partial charge is 0.312 e. The number of aromatic hydroxyl groups is 1. The molecule has 33 heteroatoms. The zero-order valence-electron chi connectivity index (χ0n) is 59.6. The van der Waals surface area contributed by atoms with Crippen molar-refractivity contribution in [3.8, 4) is 5.75 Å². The minimum atomic E-state index is -1.25. The van der Waals surface area contributed by atoms with Crippen LogP contribution in [0.1, 0.15) is 155 Å². The van der Waals surface area contributed by atoms with E-state index in [1.807, 2.05) is 52.0 Å². The Morgan fingerprint density at radius 1 is 0.431 bits per heavy atom. The summed E-state index contributed by atoms with van der Waals surface area (Å²) in [5.74, 6) is -7.65. The first-order valence-corrected chi connectivity index (χ1v) is 35.0.